The molecule has 150 valence electrons. The summed E-state index contributed by atoms with van der Waals surface area (Å²) in [5.41, 5.74) is 2.13. The minimum absolute atomic E-state index is 0.0427. The molecular weight excluding hydrogens is 372 g/mol. The van der Waals surface area contributed by atoms with Crippen LogP contribution in [-0.4, -0.2) is 49.7 Å². The first-order valence-corrected chi connectivity index (χ1v) is 11.3. The van der Waals surface area contributed by atoms with Crippen LogP contribution in [-0.2, 0) is 21.2 Å². The van der Waals surface area contributed by atoms with E-state index < -0.39 is 10.0 Å². The van der Waals surface area contributed by atoms with Crippen LogP contribution in [0.1, 0.15) is 37.3 Å². The molecule has 1 fully saturated rings. The third-order valence-corrected chi connectivity index (χ3v) is 7.40. The van der Waals surface area contributed by atoms with Crippen LogP contribution in [0.3, 0.4) is 0 Å². The minimum Gasteiger partial charge on any atom is -0.340 e. The first-order chi connectivity index (χ1) is 13.4. The van der Waals surface area contributed by atoms with Crippen LogP contribution in [0, 0.1) is 0 Å². The van der Waals surface area contributed by atoms with E-state index in [0.717, 1.165) is 17.5 Å². The van der Waals surface area contributed by atoms with Crippen LogP contribution in [0.15, 0.2) is 59.5 Å². The summed E-state index contributed by atoms with van der Waals surface area (Å²) in [5, 5.41) is 0. The molecule has 1 amide bonds. The number of piperazine rings is 1. The molecule has 28 heavy (non-hydrogen) atoms. The fraction of sp³-hybridized carbons (Fsp3) is 0.409. The number of amides is 1. The zero-order valence-corrected chi connectivity index (χ0v) is 17.4. The van der Waals surface area contributed by atoms with E-state index in [9.17, 15) is 13.2 Å². The van der Waals surface area contributed by atoms with E-state index in [1.54, 1.807) is 17.0 Å². The molecule has 0 radical (unpaired) electrons. The Balaban J connectivity index is 1.61. The van der Waals surface area contributed by atoms with Gasteiger partial charge < -0.3 is 4.90 Å². The third-order valence-electron chi connectivity index (χ3n) is 5.49. The van der Waals surface area contributed by atoms with Crippen LogP contribution < -0.4 is 0 Å². The largest absolute Gasteiger partial charge is 0.340 e. The zero-order chi connectivity index (χ0) is 20.1. The number of sulfonamides is 1. The number of benzene rings is 2. The van der Waals surface area contributed by atoms with Crippen molar-refractivity contribution < 1.29 is 13.2 Å². The Labute approximate surface area is 168 Å². The van der Waals surface area contributed by atoms with Gasteiger partial charge in [0.25, 0.3) is 0 Å². The number of nitrogens with zero attached hydrogens (tertiary/aromatic N) is 2. The summed E-state index contributed by atoms with van der Waals surface area (Å²) in [4.78, 5) is 14.6. The average molecular weight is 401 g/mol. The lowest BCUT2D eigenvalue weighted by Gasteiger charge is -2.34. The maximum atomic E-state index is 12.9. The van der Waals surface area contributed by atoms with Crippen LogP contribution in [0.2, 0.25) is 0 Å². The Morgan fingerprint density at radius 1 is 0.964 bits per heavy atom. The maximum absolute atomic E-state index is 12.9. The van der Waals surface area contributed by atoms with Crippen molar-refractivity contribution in [1.29, 1.82) is 0 Å². The van der Waals surface area contributed by atoms with Gasteiger partial charge >= 0.3 is 0 Å². The number of rotatable bonds is 6. The van der Waals surface area contributed by atoms with Crippen molar-refractivity contribution in [2.75, 3.05) is 26.2 Å². The molecule has 0 aliphatic carbocycles. The fourth-order valence-corrected chi connectivity index (χ4v) is 4.84. The van der Waals surface area contributed by atoms with E-state index >= 15 is 0 Å². The highest BCUT2D eigenvalue weighted by Crippen LogP contribution is 2.23. The van der Waals surface area contributed by atoms with Crippen molar-refractivity contribution >= 4 is 15.9 Å². The third kappa shape index (κ3) is 4.62. The van der Waals surface area contributed by atoms with Crippen LogP contribution >= 0.6 is 0 Å². The van der Waals surface area contributed by atoms with Gasteiger partial charge in [-0.05, 0) is 35.6 Å². The van der Waals surface area contributed by atoms with Gasteiger partial charge in [-0.15, -0.1) is 0 Å². The Morgan fingerprint density at radius 3 is 2.14 bits per heavy atom. The lowest BCUT2D eigenvalue weighted by molar-refractivity contribution is -0.131. The second-order valence-corrected chi connectivity index (χ2v) is 9.26. The molecule has 0 saturated carbocycles. The molecule has 1 heterocycles. The predicted molar refractivity (Wildman–Crippen MR) is 111 cm³/mol. The summed E-state index contributed by atoms with van der Waals surface area (Å²) in [5.74, 6) is 0.456. The molecule has 1 aliphatic heterocycles. The standard InChI is InChI=1S/C22H28N2O3S/c1-3-18(2)20-9-11-21(12-10-20)28(26,27)24-15-13-23(14-16-24)22(25)17-19-7-5-4-6-8-19/h4-12,18H,3,13-17H2,1-2H3/t18-/m1/s1. The maximum Gasteiger partial charge on any atom is 0.243 e. The van der Waals surface area contributed by atoms with Gasteiger partial charge in [0.2, 0.25) is 15.9 Å². The molecule has 0 spiro atoms. The Morgan fingerprint density at radius 2 is 1.57 bits per heavy atom. The van der Waals surface area contributed by atoms with Crippen molar-refractivity contribution in [1.82, 2.24) is 9.21 Å². The Bertz CT molecular complexity index is 887. The van der Waals surface area contributed by atoms with E-state index in [1.165, 1.54) is 4.31 Å². The molecule has 0 aromatic heterocycles. The van der Waals surface area contributed by atoms with Crippen molar-refractivity contribution in [3.63, 3.8) is 0 Å². The monoisotopic (exact) mass is 400 g/mol. The molecule has 2 aromatic rings. The topological polar surface area (TPSA) is 57.7 Å². The van der Waals surface area contributed by atoms with Gasteiger partial charge in [0.15, 0.2) is 0 Å². The quantitative estimate of drug-likeness (QED) is 0.748. The second kappa shape index (κ2) is 8.88. The molecule has 1 aliphatic rings. The molecule has 1 atom stereocenters. The number of hydrogen-bond acceptors (Lipinski definition) is 3. The Kier molecular flexibility index (Phi) is 6.52. The molecule has 0 bridgehead atoms. The van der Waals surface area contributed by atoms with Gasteiger partial charge in [0.05, 0.1) is 11.3 Å². The van der Waals surface area contributed by atoms with E-state index in [2.05, 4.69) is 13.8 Å². The number of carbonyl (C=O) groups is 1. The van der Waals surface area contributed by atoms with Crippen molar-refractivity contribution in [2.45, 2.75) is 37.5 Å². The summed E-state index contributed by atoms with van der Waals surface area (Å²) in [6.45, 7) is 5.76. The molecule has 0 unspecified atom stereocenters. The summed E-state index contributed by atoms with van der Waals surface area (Å²) in [7, 11) is -3.52. The first-order valence-electron chi connectivity index (χ1n) is 9.83. The van der Waals surface area contributed by atoms with Crippen molar-refractivity contribution in [3.05, 3.63) is 65.7 Å². The zero-order valence-electron chi connectivity index (χ0n) is 16.5. The first kappa shape index (κ1) is 20.6. The van der Waals surface area contributed by atoms with Gasteiger partial charge in [0.1, 0.15) is 0 Å². The van der Waals surface area contributed by atoms with E-state index in [-0.39, 0.29) is 5.91 Å². The van der Waals surface area contributed by atoms with Gasteiger partial charge in [-0.1, -0.05) is 56.3 Å². The summed E-state index contributed by atoms with van der Waals surface area (Å²) < 4.78 is 27.3. The highest BCUT2D eigenvalue weighted by atomic mass is 32.2. The van der Waals surface area contributed by atoms with Crippen LogP contribution in [0.5, 0.6) is 0 Å². The van der Waals surface area contributed by atoms with Gasteiger partial charge in [0, 0.05) is 26.2 Å². The lowest BCUT2D eigenvalue weighted by atomic mass is 9.99. The number of carbonyl (C=O) groups excluding carboxylic acids is 1. The van der Waals surface area contributed by atoms with Crippen LogP contribution in [0.4, 0.5) is 0 Å². The van der Waals surface area contributed by atoms with Crippen LogP contribution in [0.25, 0.3) is 0 Å². The molecular formula is C22H28N2O3S. The molecule has 2 aromatic carbocycles. The summed E-state index contributed by atoms with van der Waals surface area (Å²) in [6.07, 6.45) is 1.37. The predicted octanol–water partition coefficient (Wildman–Crippen LogP) is 3.28. The molecule has 3 rings (SSSR count). The van der Waals surface area contributed by atoms with Gasteiger partial charge in [-0.2, -0.15) is 4.31 Å². The van der Waals surface area contributed by atoms with Crippen molar-refractivity contribution in [3.8, 4) is 0 Å². The number of hydrogen-bond donors (Lipinski definition) is 0. The van der Waals surface area contributed by atoms with E-state index in [0.29, 0.717) is 43.4 Å². The summed E-state index contributed by atoms with van der Waals surface area (Å²) >= 11 is 0. The highest BCUT2D eigenvalue weighted by molar-refractivity contribution is 7.89. The Hall–Kier alpha value is -2.18. The molecule has 0 N–H and O–H groups in total. The molecule has 5 nitrogen and oxygen atoms in total. The molecule has 6 heteroatoms. The minimum atomic E-state index is -3.52. The average Bonchev–Trinajstić information content (AvgIpc) is 2.74. The van der Waals surface area contributed by atoms with E-state index in [1.807, 2.05) is 42.5 Å². The normalized spacial score (nSPS) is 16.7. The molecule has 1 saturated heterocycles. The smallest absolute Gasteiger partial charge is 0.243 e. The lowest BCUT2D eigenvalue weighted by Crippen LogP contribution is -2.50. The van der Waals surface area contributed by atoms with Gasteiger partial charge in [-0.25, -0.2) is 8.42 Å². The SMILES string of the molecule is CC[C@@H](C)c1ccc(S(=O)(=O)N2CCN(C(=O)Cc3ccccc3)CC2)cc1. The second-order valence-electron chi connectivity index (χ2n) is 7.33. The fourth-order valence-electron chi connectivity index (χ4n) is 3.41. The van der Waals surface area contributed by atoms with E-state index in [4.69, 9.17) is 0 Å². The summed E-state index contributed by atoms with van der Waals surface area (Å²) in [6, 6.07) is 16.8. The van der Waals surface area contributed by atoms with Crippen molar-refractivity contribution in [2.24, 2.45) is 0 Å². The van der Waals surface area contributed by atoms with Gasteiger partial charge in [-0.3, -0.25) is 4.79 Å². The highest BCUT2D eigenvalue weighted by Gasteiger charge is 2.30.